The number of pyridine rings is 1. The number of benzene rings is 1. The molecule has 0 aliphatic heterocycles. The van der Waals surface area contributed by atoms with Gasteiger partial charge in [-0.25, -0.2) is 9.50 Å². The van der Waals surface area contributed by atoms with Gasteiger partial charge in [0.05, 0.1) is 24.4 Å². The number of carbonyl (C=O) groups is 1. The van der Waals surface area contributed by atoms with Crippen molar-refractivity contribution < 1.29 is 9.53 Å². The van der Waals surface area contributed by atoms with Gasteiger partial charge in [-0.05, 0) is 49.9 Å². The molecule has 0 atom stereocenters. The van der Waals surface area contributed by atoms with E-state index in [9.17, 15) is 4.79 Å². The Morgan fingerprint density at radius 2 is 2.00 bits per heavy atom. The first-order chi connectivity index (χ1) is 13.6. The molecule has 0 radical (unpaired) electrons. The van der Waals surface area contributed by atoms with Crippen molar-refractivity contribution in [1.82, 2.24) is 19.9 Å². The van der Waals surface area contributed by atoms with Gasteiger partial charge in [0.15, 0.2) is 17.2 Å². The first kappa shape index (κ1) is 16.8. The van der Waals surface area contributed by atoms with Crippen LogP contribution in [0.25, 0.3) is 16.9 Å². The number of hydrogen-bond donors (Lipinski definition) is 1. The average molecular weight is 373 g/mol. The second-order valence-electron chi connectivity index (χ2n) is 7.48. The third kappa shape index (κ3) is 2.61. The maximum absolute atomic E-state index is 12.8. The van der Waals surface area contributed by atoms with Crippen LogP contribution in [0.15, 0.2) is 36.4 Å². The number of rotatable bonds is 5. The first-order valence-electron chi connectivity index (χ1n) is 9.40. The molecule has 5 rings (SSSR count). The molecule has 2 aliphatic rings. The van der Waals surface area contributed by atoms with Crippen LogP contribution in [0.2, 0.25) is 0 Å². The van der Waals surface area contributed by atoms with Gasteiger partial charge in [0, 0.05) is 11.6 Å². The normalized spacial score (nSPS) is 17.1. The molecule has 140 valence electrons. The lowest BCUT2D eigenvalue weighted by atomic mass is 10.1. The molecular formula is C21H19N5O2. The molecular weight excluding hydrogens is 354 g/mol. The van der Waals surface area contributed by atoms with Gasteiger partial charge in [0.25, 0.3) is 0 Å². The van der Waals surface area contributed by atoms with E-state index in [4.69, 9.17) is 20.1 Å². The van der Waals surface area contributed by atoms with Crippen LogP contribution in [-0.2, 0) is 10.2 Å². The van der Waals surface area contributed by atoms with E-state index in [1.165, 1.54) is 0 Å². The Bertz CT molecular complexity index is 1120. The standard InChI is InChI=1S/C21H19N5O2/c1-28-17-9-8-16(14-4-2-13(12-22)3-5-14)26-18(17)24-19(25-26)21(10-11-21)20(27)23-15-6-7-15/h2-5,8-9,15H,6-7,10-11H2,1H3,(H,23,27). The van der Waals surface area contributed by atoms with Crippen LogP contribution in [0, 0.1) is 11.3 Å². The largest absolute Gasteiger partial charge is 0.493 e. The van der Waals surface area contributed by atoms with E-state index in [-0.39, 0.29) is 5.91 Å². The summed E-state index contributed by atoms with van der Waals surface area (Å²) in [6.07, 6.45) is 3.63. The fourth-order valence-corrected chi connectivity index (χ4v) is 3.46. The molecule has 2 fully saturated rings. The van der Waals surface area contributed by atoms with Crippen LogP contribution in [0.4, 0.5) is 0 Å². The SMILES string of the molecule is COc1ccc(-c2ccc(C#N)cc2)n2nc(C3(C(=O)NC4CC4)CC3)nc12. The van der Waals surface area contributed by atoms with Gasteiger partial charge >= 0.3 is 0 Å². The summed E-state index contributed by atoms with van der Waals surface area (Å²) < 4.78 is 7.21. The molecule has 7 heteroatoms. The average Bonchev–Trinajstić information content (AvgIpc) is 3.65. The Hall–Kier alpha value is -3.40. The van der Waals surface area contributed by atoms with Gasteiger partial charge in [-0.3, -0.25) is 4.79 Å². The molecule has 1 N–H and O–H groups in total. The van der Waals surface area contributed by atoms with Crippen molar-refractivity contribution in [3.8, 4) is 23.1 Å². The number of ether oxygens (including phenoxy) is 1. The number of nitriles is 1. The van der Waals surface area contributed by atoms with Gasteiger partial charge in [0.2, 0.25) is 5.91 Å². The number of carbonyl (C=O) groups excluding carboxylic acids is 1. The number of nitrogens with one attached hydrogen (secondary N) is 1. The summed E-state index contributed by atoms with van der Waals surface area (Å²) in [7, 11) is 1.60. The van der Waals surface area contributed by atoms with Crippen LogP contribution in [0.3, 0.4) is 0 Å². The van der Waals surface area contributed by atoms with E-state index in [1.54, 1.807) is 23.8 Å². The van der Waals surface area contributed by atoms with E-state index in [0.29, 0.717) is 28.8 Å². The van der Waals surface area contributed by atoms with Gasteiger partial charge in [-0.15, -0.1) is 5.10 Å². The zero-order valence-corrected chi connectivity index (χ0v) is 15.5. The van der Waals surface area contributed by atoms with E-state index >= 15 is 0 Å². The van der Waals surface area contributed by atoms with Crippen LogP contribution in [0.5, 0.6) is 5.75 Å². The summed E-state index contributed by atoms with van der Waals surface area (Å²) in [6.45, 7) is 0. The quantitative estimate of drug-likeness (QED) is 0.742. The topological polar surface area (TPSA) is 92.3 Å². The lowest BCUT2D eigenvalue weighted by Gasteiger charge is -2.11. The van der Waals surface area contributed by atoms with E-state index in [1.807, 2.05) is 24.3 Å². The summed E-state index contributed by atoms with van der Waals surface area (Å²) >= 11 is 0. The molecule has 2 aromatic heterocycles. The minimum absolute atomic E-state index is 0.0322. The van der Waals surface area contributed by atoms with Crippen molar-refractivity contribution in [3.63, 3.8) is 0 Å². The van der Waals surface area contributed by atoms with Crippen LogP contribution < -0.4 is 10.1 Å². The highest BCUT2D eigenvalue weighted by Gasteiger charge is 2.55. The summed E-state index contributed by atoms with van der Waals surface area (Å²) in [4.78, 5) is 17.5. The summed E-state index contributed by atoms with van der Waals surface area (Å²) in [6, 6.07) is 13.5. The molecule has 2 heterocycles. The Balaban J connectivity index is 1.61. The number of amides is 1. The van der Waals surface area contributed by atoms with Crippen LogP contribution in [-0.4, -0.2) is 33.7 Å². The van der Waals surface area contributed by atoms with Gasteiger partial charge in [0.1, 0.15) is 5.41 Å². The highest BCUT2D eigenvalue weighted by Crippen LogP contribution is 2.48. The smallest absolute Gasteiger partial charge is 0.234 e. The predicted molar refractivity (Wildman–Crippen MR) is 102 cm³/mol. The summed E-state index contributed by atoms with van der Waals surface area (Å²) in [5.74, 6) is 1.18. The Morgan fingerprint density at radius 1 is 1.25 bits per heavy atom. The molecule has 28 heavy (non-hydrogen) atoms. The maximum atomic E-state index is 12.8. The molecule has 1 aromatic carbocycles. The number of methoxy groups -OCH3 is 1. The van der Waals surface area contributed by atoms with Gasteiger partial charge in [-0.2, -0.15) is 5.26 Å². The Kier molecular flexibility index (Phi) is 3.63. The zero-order valence-electron chi connectivity index (χ0n) is 15.5. The number of hydrogen-bond acceptors (Lipinski definition) is 5. The fraction of sp³-hybridized carbons (Fsp3) is 0.333. The molecule has 0 unspecified atom stereocenters. The number of aromatic nitrogens is 3. The minimum Gasteiger partial charge on any atom is -0.493 e. The zero-order chi connectivity index (χ0) is 19.3. The highest BCUT2D eigenvalue weighted by atomic mass is 16.5. The second kappa shape index (κ2) is 6.06. The van der Waals surface area contributed by atoms with Crippen molar-refractivity contribution in [3.05, 3.63) is 47.8 Å². The summed E-state index contributed by atoms with van der Waals surface area (Å²) in [5, 5.41) is 16.8. The van der Waals surface area contributed by atoms with Crippen LogP contribution in [0.1, 0.15) is 37.1 Å². The molecule has 7 nitrogen and oxygen atoms in total. The molecule has 0 saturated heterocycles. The van der Waals surface area contributed by atoms with E-state index in [0.717, 1.165) is 36.9 Å². The molecule has 3 aromatic rings. The van der Waals surface area contributed by atoms with Crippen molar-refractivity contribution in [1.29, 1.82) is 5.26 Å². The van der Waals surface area contributed by atoms with Crippen molar-refractivity contribution in [2.45, 2.75) is 37.1 Å². The van der Waals surface area contributed by atoms with E-state index in [2.05, 4.69) is 11.4 Å². The third-order valence-electron chi connectivity index (χ3n) is 5.50. The fourth-order valence-electron chi connectivity index (χ4n) is 3.46. The number of fused-ring (bicyclic) bond motifs is 1. The molecule has 1 amide bonds. The van der Waals surface area contributed by atoms with Crippen molar-refractivity contribution in [2.75, 3.05) is 7.11 Å². The van der Waals surface area contributed by atoms with E-state index < -0.39 is 5.41 Å². The Labute approximate surface area is 162 Å². The lowest BCUT2D eigenvalue weighted by Crippen LogP contribution is -2.36. The third-order valence-corrected chi connectivity index (χ3v) is 5.50. The van der Waals surface area contributed by atoms with Gasteiger partial charge in [-0.1, -0.05) is 12.1 Å². The summed E-state index contributed by atoms with van der Waals surface area (Å²) in [5.41, 5.74) is 2.31. The maximum Gasteiger partial charge on any atom is 0.234 e. The molecule has 0 bridgehead atoms. The second-order valence-corrected chi connectivity index (χ2v) is 7.48. The van der Waals surface area contributed by atoms with Crippen molar-refractivity contribution >= 4 is 11.6 Å². The number of nitrogens with zero attached hydrogens (tertiary/aromatic N) is 4. The first-order valence-corrected chi connectivity index (χ1v) is 9.40. The molecule has 2 saturated carbocycles. The molecule has 0 spiro atoms. The predicted octanol–water partition coefficient (Wildman–Crippen LogP) is 2.59. The minimum atomic E-state index is -0.623. The monoisotopic (exact) mass is 373 g/mol. The highest BCUT2D eigenvalue weighted by molar-refractivity contribution is 5.91. The van der Waals surface area contributed by atoms with Crippen molar-refractivity contribution in [2.24, 2.45) is 0 Å². The Morgan fingerprint density at radius 3 is 2.61 bits per heavy atom. The molecule has 2 aliphatic carbocycles. The lowest BCUT2D eigenvalue weighted by molar-refractivity contribution is -0.123. The van der Waals surface area contributed by atoms with Gasteiger partial charge < -0.3 is 10.1 Å². The van der Waals surface area contributed by atoms with Crippen LogP contribution >= 0.6 is 0 Å².